The van der Waals surface area contributed by atoms with Gasteiger partial charge >= 0.3 is 0 Å². The van der Waals surface area contributed by atoms with Crippen molar-refractivity contribution in [2.45, 2.75) is 44.6 Å². The maximum atomic E-state index is 13.1. The molecular formula is C16H19NO2S2. The first-order valence-electron chi connectivity index (χ1n) is 7.10. The van der Waals surface area contributed by atoms with Crippen LogP contribution in [0.2, 0.25) is 0 Å². The van der Waals surface area contributed by atoms with Gasteiger partial charge in [-0.25, -0.2) is 8.42 Å². The SMILES string of the molecule is Cc1cc(S(=O)(=O)N2c3ccccc3CCC2C)c(C)s1. The van der Waals surface area contributed by atoms with E-state index in [0.29, 0.717) is 4.90 Å². The lowest BCUT2D eigenvalue weighted by Crippen LogP contribution is -2.42. The zero-order valence-electron chi connectivity index (χ0n) is 12.5. The average Bonchev–Trinajstić information content (AvgIpc) is 2.78. The van der Waals surface area contributed by atoms with Crippen LogP contribution >= 0.6 is 11.3 Å². The molecule has 1 aromatic heterocycles. The number of para-hydroxylation sites is 1. The molecule has 2 heterocycles. The van der Waals surface area contributed by atoms with Crippen molar-refractivity contribution in [2.75, 3.05) is 4.31 Å². The zero-order valence-corrected chi connectivity index (χ0v) is 14.1. The van der Waals surface area contributed by atoms with Crippen LogP contribution in [0.25, 0.3) is 0 Å². The predicted molar refractivity (Wildman–Crippen MR) is 87.7 cm³/mol. The molecule has 3 rings (SSSR count). The molecule has 112 valence electrons. The highest BCUT2D eigenvalue weighted by molar-refractivity contribution is 7.93. The summed E-state index contributed by atoms with van der Waals surface area (Å²) >= 11 is 1.54. The van der Waals surface area contributed by atoms with Crippen LogP contribution in [0.4, 0.5) is 5.69 Å². The van der Waals surface area contributed by atoms with Crippen molar-refractivity contribution in [3.8, 4) is 0 Å². The van der Waals surface area contributed by atoms with E-state index in [2.05, 4.69) is 0 Å². The van der Waals surface area contributed by atoms with Gasteiger partial charge in [0.2, 0.25) is 0 Å². The van der Waals surface area contributed by atoms with E-state index < -0.39 is 10.0 Å². The van der Waals surface area contributed by atoms with Crippen molar-refractivity contribution in [3.63, 3.8) is 0 Å². The Balaban J connectivity index is 2.17. The minimum absolute atomic E-state index is 0.00972. The van der Waals surface area contributed by atoms with Gasteiger partial charge in [0, 0.05) is 15.8 Å². The Kier molecular flexibility index (Phi) is 3.58. The number of aryl methyl sites for hydroxylation is 3. The van der Waals surface area contributed by atoms with Gasteiger partial charge in [-0.2, -0.15) is 0 Å². The smallest absolute Gasteiger partial charge is 0.263 e. The fraction of sp³-hybridized carbons (Fsp3) is 0.375. The van der Waals surface area contributed by atoms with Gasteiger partial charge in [-0.05, 0) is 51.3 Å². The van der Waals surface area contributed by atoms with Gasteiger partial charge in [-0.15, -0.1) is 11.3 Å². The molecule has 0 spiro atoms. The lowest BCUT2D eigenvalue weighted by atomic mass is 9.99. The second-order valence-electron chi connectivity index (χ2n) is 5.59. The van der Waals surface area contributed by atoms with E-state index in [0.717, 1.165) is 33.8 Å². The lowest BCUT2D eigenvalue weighted by Gasteiger charge is -2.35. The van der Waals surface area contributed by atoms with Crippen molar-refractivity contribution in [3.05, 3.63) is 45.6 Å². The van der Waals surface area contributed by atoms with Crippen molar-refractivity contribution in [1.82, 2.24) is 0 Å². The first-order valence-corrected chi connectivity index (χ1v) is 9.36. The molecule has 1 aromatic carbocycles. The summed E-state index contributed by atoms with van der Waals surface area (Å²) in [7, 11) is -3.49. The number of anilines is 1. The van der Waals surface area contributed by atoms with Crippen LogP contribution < -0.4 is 4.31 Å². The Morgan fingerprint density at radius 2 is 1.95 bits per heavy atom. The molecule has 2 aromatic rings. The third-order valence-corrected chi connectivity index (χ3v) is 7.14. The summed E-state index contributed by atoms with van der Waals surface area (Å²) in [5.41, 5.74) is 1.95. The summed E-state index contributed by atoms with van der Waals surface area (Å²) in [6.07, 6.45) is 1.80. The summed E-state index contributed by atoms with van der Waals surface area (Å²) in [5.74, 6) is 0. The van der Waals surface area contributed by atoms with E-state index in [1.165, 1.54) is 11.3 Å². The van der Waals surface area contributed by atoms with Gasteiger partial charge in [0.05, 0.1) is 5.69 Å². The number of fused-ring (bicyclic) bond motifs is 1. The molecule has 0 amide bonds. The molecule has 0 fully saturated rings. The number of hydrogen-bond donors (Lipinski definition) is 0. The molecule has 0 radical (unpaired) electrons. The van der Waals surface area contributed by atoms with Gasteiger partial charge in [0.25, 0.3) is 10.0 Å². The molecule has 5 heteroatoms. The van der Waals surface area contributed by atoms with Crippen molar-refractivity contribution in [1.29, 1.82) is 0 Å². The second-order valence-corrected chi connectivity index (χ2v) is 8.84. The fourth-order valence-electron chi connectivity index (χ4n) is 2.99. The van der Waals surface area contributed by atoms with Crippen LogP contribution in [0, 0.1) is 13.8 Å². The maximum Gasteiger partial charge on any atom is 0.265 e. The summed E-state index contributed by atoms with van der Waals surface area (Å²) in [6.45, 7) is 5.82. The molecular weight excluding hydrogens is 302 g/mol. The standard InChI is InChI=1S/C16H19NO2S2/c1-11-8-9-14-6-4-5-7-15(14)17(11)21(18,19)16-10-12(2)20-13(16)3/h4-7,10-11H,8-9H2,1-3H3. The number of sulfonamides is 1. The van der Waals surface area contributed by atoms with E-state index >= 15 is 0 Å². The summed E-state index contributed by atoms with van der Waals surface area (Å²) in [4.78, 5) is 2.35. The van der Waals surface area contributed by atoms with Crippen LogP contribution in [0.1, 0.15) is 28.7 Å². The van der Waals surface area contributed by atoms with Gasteiger partial charge in [0.15, 0.2) is 0 Å². The molecule has 21 heavy (non-hydrogen) atoms. The van der Waals surface area contributed by atoms with Crippen molar-refractivity contribution >= 4 is 27.0 Å². The predicted octanol–water partition coefficient (Wildman–Crippen LogP) is 3.89. The molecule has 0 aliphatic carbocycles. The average molecular weight is 321 g/mol. The third-order valence-electron chi connectivity index (χ3n) is 3.99. The zero-order chi connectivity index (χ0) is 15.2. The molecule has 0 bridgehead atoms. The van der Waals surface area contributed by atoms with E-state index in [4.69, 9.17) is 0 Å². The van der Waals surface area contributed by atoms with Gasteiger partial charge in [-0.3, -0.25) is 4.31 Å². The molecule has 0 saturated carbocycles. The van der Waals surface area contributed by atoms with Gasteiger partial charge < -0.3 is 0 Å². The Morgan fingerprint density at radius 3 is 2.62 bits per heavy atom. The van der Waals surface area contributed by atoms with Crippen LogP contribution in [-0.2, 0) is 16.4 Å². The Morgan fingerprint density at radius 1 is 1.24 bits per heavy atom. The Hall–Kier alpha value is -1.33. The summed E-state index contributed by atoms with van der Waals surface area (Å²) < 4.78 is 27.9. The van der Waals surface area contributed by atoms with E-state index in [-0.39, 0.29) is 6.04 Å². The highest BCUT2D eigenvalue weighted by Gasteiger charge is 2.35. The minimum atomic E-state index is -3.49. The molecule has 1 aliphatic rings. The van der Waals surface area contributed by atoms with Crippen molar-refractivity contribution in [2.24, 2.45) is 0 Å². The fourth-order valence-corrected chi connectivity index (χ4v) is 6.24. The van der Waals surface area contributed by atoms with Gasteiger partial charge in [0.1, 0.15) is 4.90 Å². The molecule has 1 atom stereocenters. The molecule has 1 unspecified atom stereocenters. The monoisotopic (exact) mass is 321 g/mol. The molecule has 0 N–H and O–H groups in total. The van der Waals surface area contributed by atoms with Crippen molar-refractivity contribution < 1.29 is 8.42 Å². The number of benzene rings is 1. The van der Waals surface area contributed by atoms with Crippen LogP contribution in [-0.4, -0.2) is 14.5 Å². The number of hydrogen-bond acceptors (Lipinski definition) is 3. The summed E-state index contributed by atoms with van der Waals surface area (Å²) in [5, 5.41) is 0. The van der Waals surface area contributed by atoms with Crippen LogP contribution in [0.5, 0.6) is 0 Å². The second kappa shape index (κ2) is 5.14. The molecule has 0 saturated heterocycles. The van der Waals surface area contributed by atoms with E-state index in [1.807, 2.05) is 45.0 Å². The highest BCUT2D eigenvalue weighted by Crippen LogP contribution is 2.37. The van der Waals surface area contributed by atoms with E-state index in [1.54, 1.807) is 10.4 Å². The highest BCUT2D eigenvalue weighted by atomic mass is 32.2. The number of nitrogens with zero attached hydrogens (tertiary/aromatic N) is 1. The topological polar surface area (TPSA) is 37.4 Å². The summed E-state index contributed by atoms with van der Waals surface area (Å²) in [6, 6.07) is 9.60. The van der Waals surface area contributed by atoms with Crippen LogP contribution in [0.3, 0.4) is 0 Å². The minimum Gasteiger partial charge on any atom is -0.263 e. The lowest BCUT2D eigenvalue weighted by molar-refractivity contribution is 0.563. The quantitative estimate of drug-likeness (QED) is 0.841. The molecule has 1 aliphatic heterocycles. The molecule has 3 nitrogen and oxygen atoms in total. The largest absolute Gasteiger partial charge is 0.265 e. The first kappa shape index (κ1) is 14.6. The third kappa shape index (κ3) is 2.38. The maximum absolute atomic E-state index is 13.1. The first-order chi connectivity index (χ1) is 9.91. The normalized spacial score (nSPS) is 18.6. The Bertz CT molecular complexity index is 777. The van der Waals surface area contributed by atoms with Crippen LogP contribution in [0.15, 0.2) is 35.2 Å². The van der Waals surface area contributed by atoms with E-state index in [9.17, 15) is 8.42 Å². The Labute approximate surface area is 130 Å². The van der Waals surface area contributed by atoms with Gasteiger partial charge in [-0.1, -0.05) is 18.2 Å². The number of rotatable bonds is 2. The number of thiophene rings is 1.